The smallest absolute Gasteiger partial charge is 0.123 e. The number of hydrogen-bond donors (Lipinski definition) is 1. The number of hydrogen-bond acceptors (Lipinski definition) is 2. The van der Waals surface area contributed by atoms with Gasteiger partial charge in [0.15, 0.2) is 0 Å². The van der Waals surface area contributed by atoms with Gasteiger partial charge < -0.3 is 10.1 Å². The first-order chi connectivity index (χ1) is 9.13. The topological polar surface area (TPSA) is 21.3 Å². The fourth-order valence-corrected chi connectivity index (χ4v) is 1.73. The largest absolute Gasteiger partial charge is 0.491 e. The Morgan fingerprint density at radius 3 is 2.21 bits per heavy atom. The SMILES string of the molecule is CC(C)Oc1ccc(CNc2ccc(F)cc2)cc1. The number of nitrogens with one attached hydrogen (secondary N) is 1. The summed E-state index contributed by atoms with van der Waals surface area (Å²) in [5.74, 6) is 0.654. The van der Waals surface area contributed by atoms with E-state index in [1.807, 2.05) is 38.1 Å². The molecule has 100 valence electrons. The van der Waals surface area contributed by atoms with E-state index in [4.69, 9.17) is 4.74 Å². The molecule has 0 aliphatic rings. The van der Waals surface area contributed by atoms with E-state index in [2.05, 4.69) is 5.32 Å². The molecule has 2 aromatic carbocycles. The summed E-state index contributed by atoms with van der Waals surface area (Å²) in [7, 11) is 0. The summed E-state index contributed by atoms with van der Waals surface area (Å²) in [6.45, 7) is 4.71. The average molecular weight is 259 g/mol. The van der Waals surface area contributed by atoms with Crippen LogP contribution in [0.15, 0.2) is 48.5 Å². The highest BCUT2D eigenvalue weighted by atomic mass is 19.1. The maximum atomic E-state index is 12.8. The molecule has 0 atom stereocenters. The molecule has 0 saturated heterocycles. The quantitative estimate of drug-likeness (QED) is 0.867. The number of anilines is 1. The van der Waals surface area contributed by atoms with E-state index in [-0.39, 0.29) is 11.9 Å². The van der Waals surface area contributed by atoms with E-state index < -0.39 is 0 Å². The molecule has 2 aromatic rings. The van der Waals surface area contributed by atoms with Crippen LogP contribution in [0.2, 0.25) is 0 Å². The zero-order valence-corrected chi connectivity index (χ0v) is 11.2. The summed E-state index contributed by atoms with van der Waals surface area (Å²) in [6, 6.07) is 14.3. The fraction of sp³-hybridized carbons (Fsp3) is 0.250. The zero-order chi connectivity index (χ0) is 13.7. The maximum Gasteiger partial charge on any atom is 0.123 e. The van der Waals surface area contributed by atoms with Crippen molar-refractivity contribution in [1.82, 2.24) is 0 Å². The minimum atomic E-state index is -0.222. The van der Waals surface area contributed by atoms with Gasteiger partial charge in [0.05, 0.1) is 6.10 Å². The minimum absolute atomic E-state index is 0.184. The first-order valence-electron chi connectivity index (χ1n) is 6.38. The highest BCUT2D eigenvalue weighted by Crippen LogP contribution is 2.15. The van der Waals surface area contributed by atoms with Crippen molar-refractivity contribution in [3.8, 4) is 5.75 Å². The van der Waals surface area contributed by atoms with E-state index in [0.717, 1.165) is 17.0 Å². The normalized spacial score (nSPS) is 10.5. The van der Waals surface area contributed by atoms with Crippen molar-refractivity contribution in [2.75, 3.05) is 5.32 Å². The Labute approximate surface area is 113 Å². The van der Waals surface area contributed by atoms with Crippen LogP contribution >= 0.6 is 0 Å². The van der Waals surface area contributed by atoms with Gasteiger partial charge >= 0.3 is 0 Å². The Morgan fingerprint density at radius 1 is 1.00 bits per heavy atom. The van der Waals surface area contributed by atoms with Crippen LogP contribution in [-0.2, 0) is 6.54 Å². The summed E-state index contributed by atoms with van der Waals surface area (Å²) in [4.78, 5) is 0. The molecule has 0 fully saturated rings. The van der Waals surface area contributed by atoms with Crippen LogP contribution in [0.3, 0.4) is 0 Å². The van der Waals surface area contributed by atoms with E-state index in [1.165, 1.54) is 12.1 Å². The number of benzene rings is 2. The Hall–Kier alpha value is -2.03. The molecule has 0 amide bonds. The molecule has 0 radical (unpaired) electrons. The van der Waals surface area contributed by atoms with Crippen LogP contribution in [0.5, 0.6) is 5.75 Å². The standard InChI is InChI=1S/C16H18FNO/c1-12(2)19-16-9-3-13(4-10-16)11-18-15-7-5-14(17)6-8-15/h3-10,12,18H,11H2,1-2H3. The molecule has 0 unspecified atom stereocenters. The second-order valence-electron chi connectivity index (χ2n) is 4.67. The fourth-order valence-electron chi connectivity index (χ4n) is 1.73. The second-order valence-corrected chi connectivity index (χ2v) is 4.67. The van der Waals surface area contributed by atoms with Crippen molar-refractivity contribution in [3.05, 3.63) is 59.9 Å². The number of ether oxygens (including phenoxy) is 1. The lowest BCUT2D eigenvalue weighted by Gasteiger charge is -2.11. The molecule has 3 heteroatoms. The molecular weight excluding hydrogens is 241 g/mol. The molecule has 0 spiro atoms. The van der Waals surface area contributed by atoms with E-state index in [1.54, 1.807) is 12.1 Å². The first kappa shape index (κ1) is 13.4. The van der Waals surface area contributed by atoms with Gasteiger partial charge in [-0.2, -0.15) is 0 Å². The van der Waals surface area contributed by atoms with Crippen molar-refractivity contribution in [1.29, 1.82) is 0 Å². The zero-order valence-electron chi connectivity index (χ0n) is 11.2. The van der Waals surface area contributed by atoms with Crippen molar-refractivity contribution in [3.63, 3.8) is 0 Å². The Kier molecular flexibility index (Phi) is 4.39. The summed E-state index contributed by atoms with van der Waals surface area (Å²) in [5, 5.41) is 3.24. The van der Waals surface area contributed by atoms with Gasteiger partial charge in [-0.1, -0.05) is 12.1 Å². The number of rotatable bonds is 5. The third kappa shape index (κ3) is 4.28. The lowest BCUT2D eigenvalue weighted by atomic mass is 10.2. The number of halogens is 1. The van der Waals surface area contributed by atoms with Gasteiger partial charge in [-0.3, -0.25) is 0 Å². The van der Waals surface area contributed by atoms with Crippen molar-refractivity contribution < 1.29 is 9.13 Å². The Bertz CT molecular complexity index is 505. The molecule has 19 heavy (non-hydrogen) atoms. The molecule has 1 N–H and O–H groups in total. The van der Waals surface area contributed by atoms with Crippen LogP contribution in [0, 0.1) is 5.82 Å². The molecular formula is C16H18FNO. The lowest BCUT2D eigenvalue weighted by Crippen LogP contribution is -2.05. The Morgan fingerprint density at radius 2 is 1.63 bits per heavy atom. The van der Waals surface area contributed by atoms with Gasteiger partial charge in [0.2, 0.25) is 0 Å². The average Bonchev–Trinajstić information content (AvgIpc) is 2.39. The molecule has 0 aromatic heterocycles. The second kappa shape index (κ2) is 6.23. The highest BCUT2D eigenvalue weighted by Gasteiger charge is 1.98. The highest BCUT2D eigenvalue weighted by molar-refractivity contribution is 5.43. The molecule has 2 rings (SSSR count). The van der Waals surface area contributed by atoms with Crippen LogP contribution < -0.4 is 10.1 Å². The van der Waals surface area contributed by atoms with E-state index >= 15 is 0 Å². The van der Waals surface area contributed by atoms with E-state index in [9.17, 15) is 4.39 Å². The van der Waals surface area contributed by atoms with Crippen LogP contribution in [-0.4, -0.2) is 6.10 Å². The van der Waals surface area contributed by atoms with Gasteiger partial charge in [0.1, 0.15) is 11.6 Å². The van der Waals surface area contributed by atoms with Crippen molar-refractivity contribution >= 4 is 5.69 Å². The first-order valence-corrected chi connectivity index (χ1v) is 6.38. The lowest BCUT2D eigenvalue weighted by molar-refractivity contribution is 0.242. The molecule has 2 nitrogen and oxygen atoms in total. The van der Waals surface area contributed by atoms with Crippen LogP contribution in [0.25, 0.3) is 0 Å². The molecule has 0 bridgehead atoms. The van der Waals surface area contributed by atoms with Gasteiger partial charge in [0, 0.05) is 12.2 Å². The van der Waals surface area contributed by atoms with Crippen LogP contribution in [0.1, 0.15) is 19.4 Å². The maximum absolute atomic E-state index is 12.8. The summed E-state index contributed by atoms with van der Waals surface area (Å²) < 4.78 is 18.3. The van der Waals surface area contributed by atoms with Gasteiger partial charge in [-0.15, -0.1) is 0 Å². The summed E-state index contributed by atoms with van der Waals surface area (Å²) in [6.07, 6.45) is 0.184. The van der Waals surface area contributed by atoms with Crippen molar-refractivity contribution in [2.45, 2.75) is 26.5 Å². The molecule has 0 aliphatic carbocycles. The Balaban J connectivity index is 1.91. The third-order valence-corrected chi connectivity index (χ3v) is 2.64. The van der Waals surface area contributed by atoms with Crippen LogP contribution in [0.4, 0.5) is 10.1 Å². The monoisotopic (exact) mass is 259 g/mol. The predicted octanol–water partition coefficient (Wildman–Crippen LogP) is 4.23. The molecule has 0 aliphatic heterocycles. The molecule has 0 heterocycles. The van der Waals surface area contributed by atoms with Gasteiger partial charge in [-0.05, 0) is 55.8 Å². The van der Waals surface area contributed by atoms with E-state index in [0.29, 0.717) is 6.54 Å². The minimum Gasteiger partial charge on any atom is -0.491 e. The third-order valence-electron chi connectivity index (χ3n) is 2.64. The van der Waals surface area contributed by atoms with Crippen molar-refractivity contribution in [2.24, 2.45) is 0 Å². The summed E-state index contributed by atoms with van der Waals surface area (Å²) in [5.41, 5.74) is 2.06. The van der Waals surface area contributed by atoms with Gasteiger partial charge in [-0.25, -0.2) is 4.39 Å². The van der Waals surface area contributed by atoms with Gasteiger partial charge in [0.25, 0.3) is 0 Å². The summed E-state index contributed by atoms with van der Waals surface area (Å²) >= 11 is 0. The predicted molar refractivity (Wildman–Crippen MR) is 75.9 cm³/mol. The molecule has 0 saturated carbocycles.